The summed E-state index contributed by atoms with van der Waals surface area (Å²) in [5.41, 5.74) is 0. The number of thioether (sulfide) groups is 2. The fourth-order valence-corrected chi connectivity index (χ4v) is 22.8. The van der Waals surface area contributed by atoms with Crippen molar-refractivity contribution in [2.24, 2.45) is 0 Å². The van der Waals surface area contributed by atoms with Gasteiger partial charge in [0, 0.05) is 0 Å². The first-order chi connectivity index (χ1) is 8.24. The van der Waals surface area contributed by atoms with E-state index < -0.39 is 0 Å². The standard InChI is InChI=1S/C11H14S2Se2Te2/c14-8(1-6-3-12-6)10-11(17-5-16-10)9(15)2-7-4-13-7/h6-7,10-11H,1-5H2. The first-order valence-corrected chi connectivity index (χ1v) is 15.6. The average molecular weight is 623 g/mol. The molecule has 4 atom stereocenters. The van der Waals surface area contributed by atoms with E-state index in [1.165, 1.54) is 24.3 Å². The summed E-state index contributed by atoms with van der Waals surface area (Å²) in [4.78, 5) is 0. The van der Waals surface area contributed by atoms with Crippen LogP contribution in [0.5, 0.6) is 0 Å². The van der Waals surface area contributed by atoms with Gasteiger partial charge in [0.1, 0.15) is 0 Å². The number of rotatable bonds is 6. The van der Waals surface area contributed by atoms with Crippen LogP contribution in [0.2, 0.25) is 10.4 Å². The molecule has 0 nitrogen and oxygen atoms in total. The SMILES string of the molecule is [Se]=C(CC1CS1)C1[Te]C[Te]C1C(=[Se])CC1CS1. The molecule has 0 aromatic heterocycles. The molecule has 3 fully saturated rings. The van der Waals surface area contributed by atoms with Gasteiger partial charge in [0.05, 0.1) is 0 Å². The van der Waals surface area contributed by atoms with Gasteiger partial charge in [-0.25, -0.2) is 0 Å². The Kier molecular flexibility index (Phi) is 6.06. The minimum atomic E-state index is 0.304. The van der Waals surface area contributed by atoms with Gasteiger partial charge in [-0.3, -0.25) is 0 Å². The summed E-state index contributed by atoms with van der Waals surface area (Å²) in [5.74, 6) is 2.85. The molecular weight excluding hydrogens is 609 g/mol. The first kappa shape index (κ1) is 15.0. The van der Waals surface area contributed by atoms with Crippen LogP contribution in [0.4, 0.5) is 0 Å². The van der Waals surface area contributed by atoms with Gasteiger partial charge in [-0.05, 0) is 0 Å². The molecular formula is C11H14S2Se2Te2. The Balaban J connectivity index is 1.57. The quantitative estimate of drug-likeness (QED) is 0.321. The van der Waals surface area contributed by atoms with E-state index in [1.807, 2.05) is 0 Å². The second-order valence-corrected chi connectivity index (χ2v) is 19.4. The second-order valence-electron chi connectivity index (χ2n) is 4.54. The van der Waals surface area contributed by atoms with Gasteiger partial charge in [0.25, 0.3) is 0 Å². The Bertz CT molecular complexity index is 310. The predicted molar refractivity (Wildman–Crippen MR) is 87.1 cm³/mol. The maximum absolute atomic E-state index is 3.47. The van der Waals surface area contributed by atoms with Crippen molar-refractivity contribution in [1.29, 1.82) is 0 Å². The van der Waals surface area contributed by atoms with Gasteiger partial charge in [-0.15, -0.1) is 0 Å². The zero-order valence-electron chi connectivity index (χ0n) is 9.29. The maximum atomic E-state index is 3.47. The molecule has 0 bridgehead atoms. The van der Waals surface area contributed by atoms with E-state index in [0.29, 0.717) is 41.8 Å². The molecule has 0 amide bonds. The van der Waals surface area contributed by atoms with Crippen molar-refractivity contribution < 1.29 is 0 Å². The van der Waals surface area contributed by atoms with E-state index in [0.717, 1.165) is 18.4 Å². The molecule has 0 aliphatic carbocycles. The van der Waals surface area contributed by atoms with Crippen LogP contribution >= 0.6 is 23.5 Å². The Morgan fingerprint density at radius 2 is 1.35 bits per heavy atom. The number of hydrogen-bond donors (Lipinski definition) is 0. The van der Waals surface area contributed by atoms with Crippen molar-refractivity contribution >= 4 is 105 Å². The monoisotopic (exact) mass is 630 g/mol. The molecule has 0 aromatic rings. The number of hydrogen-bond acceptors (Lipinski definition) is 2. The Morgan fingerprint density at radius 1 is 0.941 bits per heavy atom. The van der Waals surface area contributed by atoms with Crippen molar-refractivity contribution in [3.05, 3.63) is 0 Å². The molecule has 3 aliphatic heterocycles. The first-order valence-electron chi connectivity index (χ1n) is 5.76. The molecule has 4 unspecified atom stereocenters. The van der Waals surface area contributed by atoms with Gasteiger partial charge in [-0.2, -0.15) is 0 Å². The van der Waals surface area contributed by atoms with Gasteiger partial charge < -0.3 is 0 Å². The topological polar surface area (TPSA) is 0 Å². The summed E-state index contributed by atoms with van der Waals surface area (Å²) in [6, 6.07) is 0. The van der Waals surface area contributed by atoms with Crippen LogP contribution in [0.25, 0.3) is 0 Å². The third kappa shape index (κ3) is 4.51. The second kappa shape index (κ2) is 6.88. The van der Waals surface area contributed by atoms with Gasteiger partial charge in [-0.1, -0.05) is 0 Å². The molecule has 3 rings (SSSR count). The van der Waals surface area contributed by atoms with Crippen LogP contribution < -0.4 is 0 Å². The Labute approximate surface area is 148 Å². The van der Waals surface area contributed by atoms with Crippen molar-refractivity contribution in [3.63, 3.8) is 0 Å². The Morgan fingerprint density at radius 3 is 1.71 bits per heavy atom. The van der Waals surface area contributed by atoms with Crippen molar-refractivity contribution in [3.8, 4) is 0 Å². The molecule has 3 saturated heterocycles. The summed E-state index contributed by atoms with van der Waals surface area (Å²) in [5, 5.41) is 1.98. The van der Waals surface area contributed by atoms with E-state index in [9.17, 15) is 0 Å². The average Bonchev–Trinajstić information content (AvgIpc) is 3.21. The fraction of sp³-hybridized carbons (Fsp3) is 0.818. The minimum absolute atomic E-state index is 0.304. The van der Waals surface area contributed by atoms with E-state index in [1.54, 1.807) is 11.4 Å². The van der Waals surface area contributed by atoms with E-state index >= 15 is 0 Å². The third-order valence-electron chi connectivity index (χ3n) is 3.07. The van der Waals surface area contributed by atoms with E-state index in [2.05, 4.69) is 54.7 Å². The third-order valence-corrected chi connectivity index (χ3v) is 21.7. The fourth-order valence-electron chi connectivity index (χ4n) is 1.94. The van der Waals surface area contributed by atoms with Crippen molar-refractivity contribution in [2.45, 2.75) is 33.8 Å². The predicted octanol–water partition coefficient (Wildman–Crippen LogP) is 1.05. The summed E-state index contributed by atoms with van der Waals surface area (Å²) in [6.07, 6.45) is 2.80. The molecule has 3 heterocycles. The van der Waals surface area contributed by atoms with E-state index in [-0.39, 0.29) is 0 Å². The zero-order valence-corrected chi connectivity index (χ0v) is 19.0. The molecule has 6 heteroatoms. The molecule has 3 aliphatic rings. The molecule has 94 valence electrons. The summed E-state index contributed by atoms with van der Waals surface area (Å²) in [7, 11) is 0. The zero-order chi connectivity index (χ0) is 11.8. The van der Waals surface area contributed by atoms with Crippen LogP contribution in [0.15, 0.2) is 0 Å². The summed E-state index contributed by atoms with van der Waals surface area (Å²) < 4.78 is 7.32. The molecule has 0 spiro atoms. The summed E-state index contributed by atoms with van der Waals surface area (Å²) in [6.45, 7) is 0. The van der Waals surface area contributed by atoms with Crippen LogP contribution in [-0.4, -0.2) is 104 Å². The van der Waals surface area contributed by atoms with Crippen LogP contribution in [0.1, 0.15) is 12.8 Å². The molecule has 0 radical (unpaired) electrons. The van der Waals surface area contributed by atoms with Crippen LogP contribution in [0.3, 0.4) is 0 Å². The molecule has 0 N–H and O–H groups in total. The van der Waals surface area contributed by atoms with Crippen molar-refractivity contribution in [2.75, 3.05) is 11.5 Å². The van der Waals surface area contributed by atoms with Crippen molar-refractivity contribution in [1.82, 2.24) is 0 Å². The Hall–Kier alpha value is 3.06. The normalized spacial score (nSPS) is 39.1. The van der Waals surface area contributed by atoms with Crippen LogP contribution in [0, 0.1) is 0 Å². The molecule has 0 saturated carbocycles. The molecule has 17 heavy (non-hydrogen) atoms. The van der Waals surface area contributed by atoms with E-state index in [4.69, 9.17) is 0 Å². The van der Waals surface area contributed by atoms with Gasteiger partial charge in [0.2, 0.25) is 0 Å². The van der Waals surface area contributed by atoms with Crippen LogP contribution in [-0.2, 0) is 0 Å². The molecule has 0 aromatic carbocycles. The van der Waals surface area contributed by atoms with Gasteiger partial charge in [0.15, 0.2) is 0 Å². The van der Waals surface area contributed by atoms with Gasteiger partial charge >= 0.3 is 151 Å². The summed E-state index contributed by atoms with van der Waals surface area (Å²) >= 11 is 11.8.